The second kappa shape index (κ2) is 8.08. The number of phenolic OH excluding ortho intramolecular Hbond substituents is 1. The number of benzene rings is 1. The van der Waals surface area contributed by atoms with E-state index in [0.29, 0.717) is 17.5 Å². The van der Waals surface area contributed by atoms with Crippen molar-refractivity contribution < 1.29 is 9.84 Å². The molecule has 9 heteroatoms. The first-order valence-corrected chi connectivity index (χ1v) is 10.5. The zero-order valence-electron chi connectivity index (χ0n) is 18.0. The van der Waals surface area contributed by atoms with Crippen LogP contribution >= 0.6 is 0 Å². The standard InChI is InChI=1S/C23H25N7O2/c1-23(6-8-32-14-23)13-26-21-20-16(5-7-24-21)10-25-22(29-20)28-18-4-3-15(9-19(18)31)17-11-27-30(2)12-17/h3-5,7,9-12,31H,6,8,13-14H2,1-2H3,(H,24,26)(H,25,28,29)/t23-/m1/s1. The molecule has 0 saturated carbocycles. The summed E-state index contributed by atoms with van der Waals surface area (Å²) in [6, 6.07) is 7.29. The number of phenols is 1. The van der Waals surface area contributed by atoms with Crippen molar-refractivity contribution in [2.24, 2.45) is 12.5 Å². The van der Waals surface area contributed by atoms with E-state index in [9.17, 15) is 5.11 Å². The van der Waals surface area contributed by atoms with Crippen LogP contribution in [0.4, 0.5) is 17.5 Å². The summed E-state index contributed by atoms with van der Waals surface area (Å²) in [6.45, 7) is 4.49. The number of aromatic nitrogens is 5. The Labute approximate surface area is 185 Å². The van der Waals surface area contributed by atoms with Gasteiger partial charge in [-0.25, -0.2) is 15.0 Å². The summed E-state index contributed by atoms with van der Waals surface area (Å²) < 4.78 is 7.27. The largest absolute Gasteiger partial charge is 0.506 e. The van der Waals surface area contributed by atoms with Gasteiger partial charge in [-0.2, -0.15) is 5.10 Å². The average Bonchev–Trinajstić information content (AvgIpc) is 3.42. The molecule has 9 nitrogen and oxygen atoms in total. The molecule has 1 aromatic carbocycles. The highest BCUT2D eigenvalue weighted by atomic mass is 16.5. The number of nitrogens with one attached hydrogen (secondary N) is 2. The lowest BCUT2D eigenvalue weighted by atomic mass is 9.90. The summed E-state index contributed by atoms with van der Waals surface area (Å²) in [4.78, 5) is 13.5. The van der Waals surface area contributed by atoms with Crippen LogP contribution in [0.1, 0.15) is 13.3 Å². The highest BCUT2D eigenvalue weighted by molar-refractivity contribution is 5.88. The minimum absolute atomic E-state index is 0.0831. The van der Waals surface area contributed by atoms with Gasteiger partial charge in [0.1, 0.15) is 11.3 Å². The van der Waals surface area contributed by atoms with Crippen molar-refractivity contribution in [1.29, 1.82) is 0 Å². The van der Waals surface area contributed by atoms with Gasteiger partial charge in [-0.1, -0.05) is 13.0 Å². The molecule has 4 heterocycles. The summed E-state index contributed by atoms with van der Waals surface area (Å²) in [5, 5.41) is 22.1. The summed E-state index contributed by atoms with van der Waals surface area (Å²) in [7, 11) is 1.86. The van der Waals surface area contributed by atoms with Gasteiger partial charge >= 0.3 is 0 Å². The minimum Gasteiger partial charge on any atom is -0.506 e. The first kappa shape index (κ1) is 20.2. The van der Waals surface area contributed by atoms with E-state index in [1.807, 2.05) is 25.4 Å². The molecule has 0 amide bonds. The summed E-state index contributed by atoms with van der Waals surface area (Å²) >= 11 is 0. The number of rotatable bonds is 6. The normalized spacial score (nSPS) is 18.2. The number of hydrogen-bond donors (Lipinski definition) is 3. The topological polar surface area (TPSA) is 110 Å². The van der Waals surface area contributed by atoms with Crippen LogP contribution in [0.25, 0.3) is 22.0 Å². The molecule has 0 aliphatic carbocycles. The van der Waals surface area contributed by atoms with E-state index in [4.69, 9.17) is 4.74 Å². The number of anilines is 3. The molecule has 164 valence electrons. The van der Waals surface area contributed by atoms with E-state index in [1.165, 1.54) is 0 Å². The molecule has 0 spiro atoms. The number of fused-ring (bicyclic) bond motifs is 1. The second-order valence-corrected chi connectivity index (χ2v) is 8.52. The van der Waals surface area contributed by atoms with Gasteiger partial charge in [-0.15, -0.1) is 0 Å². The summed E-state index contributed by atoms with van der Waals surface area (Å²) in [5.41, 5.74) is 3.13. The summed E-state index contributed by atoms with van der Waals surface area (Å²) in [6.07, 6.45) is 8.17. The molecular weight excluding hydrogens is 406 g/mol. The van der Waals surface area contributed by atoms with Gasteiger partial charge in [0, 0.05) is 55.2 Å². The Kier molecular flexibility index (Phi) is 5.10. The minimum atomic E-state index is 0.0831. The van der Waals surface area contributed by atoms with Crippen molar-refractivity contribution >= 4 is 28.4 Å². The maximum atomic E-state index is 10.5. The van der Waals surface area contributed by atoms with Crippen molar-refractivity contribution in [2.75, 3.05) is 30.4 Å². The van der Waals surface area contributed by atoms with Gasteiger partial charge in [-0.3, -0.25) is 4.68 Å². The van der Waals surface area contributed by atoms with Crippen LogP contribution in [0, 0.1) is 5.41 Å². The van der Waals surface area contributed by atoms with Crippen LogP contribution in [0.2, 0.25) is 0 Å². The Morgan fingerprint density at radius 1 is 1.19 bits per heavy atom. The van der Waals surface area contributed by atoms with Gasteiger partial charge in [-0.05, 0) is 30.2 Å². The number of hydrogen-bond acceptors (Lipinski definition) is 8. The van der Waals surface area contributed by atoms with Crippen LogP contribution in [-0.2, 0) is 11.8 Å². The molecule has 0 unspecified atom stereocenters. The van der Waals surface area contributed by atoms with E-state index in [-0.39, 0.29) is 11.2 Å². The third kappa shape index (κ3) is 4.06. The molecule has 3 N–H and O–H groups in total. The molecule has 3 aromatic heterocycles. The molecule has 0 bridgehead atoms. The van der Waals surface area contributed by atoms with Crippen molar-refractivity contribution in [1.82, 2.24) is 24.7 Å². The maximum absolute atomic E-state index is 10.5. The van der Waals surface area contributed by atoms with E-state index in [0.717, 1.165) is 48.2 Å². The van der Waals surface area contributed by atoms with E-state index >= 15 is 0 Å². The fraction of sp³-hybridized carbons (Fsp3) is 0.304. The molecule has 1 aliphatic heterocycles. The number of ether oxygens (including phenoxy) is 1. The fourth-order valence-corrected chi connectivity index (χ4v) is 3.80. The highest BCUT2D eigenvalue weighted by Gasteiger charge is 2.29. The van der Waals surface area contributed by atoms with Gasteiger partial charge in [0.25, 0.3) is 0 Å². The average molecular weight is 432 g/mol. The molecule has 1 aliphatic rings. The second-order valence-electron chi connectivity index (χ2n) is 8.52. The Balaban J connectivity index is 1.38. The Hall–Kier alpha value is -3.72. The van der Waals surface area contributed by atoms with Crippen LogP contribution in [0.5, 0.6) is 5.75 Å². The smallest absolute Gasteiger partial charge is 0.227 e. The Bertz CT molecular complexity index is 1260. The lowest BCUT2D eigenvalue weighted by Gasteiger charge is -2.22. The zero-order valence-corrected chi connectivity index (χ0v) is 18.0. The first-order chi connectivity index (χ1) is 15.5. The van der Waals surface area contributed by atoms with Gasteiger partial charge in [0.2, 0.25) is 5.95 Å². The predicted molar refractivity (Wildman–Crippen MR) is 123 cm³/mol. The monoisotopic (exact) mass is 431 g/mol. The lowest BCUT2D eigenvalue weighted by molar-refractivity contribution is 0.164. The van der Waals surface area contributed by atoms with Crippen molar-refractivity contribution in [3.8, 4) is 16.9 Å². The molecule has 1 saturated heterocycles. The predicted octanol–water partition coefficient (Wildman–Crippen LogP) is 3.71. The number of nitrogens with zero attached hydrogens (tertiary/aromatic N) is 5. The van der Waals surface area contributed by atoms with Gasteiger partial charge in [0.15, 0.2) is 5.82 Å². The molecule has 1 fully saturated rings. The van der Waals surface area contributed by atoms with Gasteiger partial charge in [0.05, 0.1) is 18.5 Å². The van der Waals surface area contributed by atoms with Crippen molar-refractivity contribution in [2.45, 2.75) is 13.3 Å². The quantitative estimate of drug-likeness (QED) is 0.396. The fourth-order valence-electron chi connectivity index (χ4n) is 3.80. The molecule has 4 aromatic rings. The molecule has 1 atom stereocenters. The lowest BCUT2D eigenvalue weighted by Crippen LogP contribution is -2.27. The maximum Gasteiger partial charge on any atom is 0.227 e. The number of pyridine rings is 1. The first-order valence-electron chi connectivity index (χ1n) is 10.5. The van der Waals surface area contributed by atoms with Gasteiger partial charge < -0.3 is 20.5 Å². The molecule has 5 rings (SSSR count). The molecule has 0 radical (unpaired) electrons. The number of aryl methyl sites for hydroxylation is 1. The van der Waals surface area contributed by atoms with E-state index in [1.54, 1.807) is 35.4 Å². The highest BCUT2D eigenvalue weighted by Crippen LogP contribution is 2.32. The van der Waals surface area contributed by atoms with Crippen molar-refractivity contribution in [3.05, 3.63) is 49.1 Å². The Morgan fingerprint density at radius 3 is 2.84 bits per heavy atom. The van der Waals surface area contributed by atoms with E-state index < -0.39 is 0 Å². The van der Waals surface area contributed by atoms with Crippen LogP contribution in [-0.4, -0.2) is 49.6 Å². The zero-order chi connectivity index (χ0) is 22.1. The van der Waals surface area contributed by atoms with Crippen molar-refractivity contribution in [3.63, 3.8) is 0 Å². The third-order valence-corrected chi connectivity index (χ3v) is 5.76. The number of aromatic hydroxyl groups is 1. The third-order valence-electron chi connectivity index (χ3n) is 5.76. The molecular formula is C23H25N7O2. The van der Waals surface area contributed by atoms with E-state index in [2.05, 4.69) is 37.6 Å². The van der Waals surface area contributed by atoms with Crippen LogP contribution in [0.15, 0.2) is 49.1 Å². The summed E-state index contributed by atoms with van der Waals surface area (Å²) in [5.74, 6) is 1.19. The van der Waals surface area contributed by atoms with Crippen LogP contribution < -0.4 is 10.6 Å². The SMILES string of the molecule is Cn1cc(-c2ccc(Nc3ncc4ccnc(NC[C@@]5(C)CCOC5)c4n3)c(O)c2)cn1. The Morgan fingerprint density at radius 2 is 2.09 bits per heavy atom. The molecule has 32 heavy (non-hydrogen) atoms. The van der Waals surface area contributed by atoms with Crippen LogP contribution in [0.3, 0.4) is 0 Å².